The molecule has 0 aliphatic rings. The molecule has 0 spiro atoms. The van der Waals surface area contributed by atoms with Gasteiger partial charge in [-0.25, -0.2) is 0 Å². The molecule has 0 radical (unpaired) electrons. The Labute approximate surface area is 132 Å². The summed E-state index contributed by atoms with van der Waals surface area (Å²) in [6.07, 6.45) is -9.88. The molecule has 0 amide bonds. The van der Waals surface area contributed by atoms with Gasteiger partial charge >= 0.3 is 18.3 Å². The number of rotatable bonds is 3. The zero-order valence-corrected chi connectivity index (χ0v) is 11.9. The molecule has 8 heteroatoms. The first-order valence-corrected chi connectivity index (χ1v) is 6.57. The normalized spacial score (nSPS) is 12.2. The molecule has 2 rings (SSSR count). The van der Waals surface area contributed by atoms with E-state index in [-0.39, 0.29) is 16.7 Å². The Morgan fingerprint density at radius 2 is 1.33 bits per heavy atom. The smallest absolute Gasteiger partial charge is 0.416 e. The predicted octanol–water partition coefficient (Wildman–Crippen LogP) is 5.02. The van der Waals surface area contributed by atoms with E-state index in [9.17, 15) is 31.1 Å². The number of hydrogen-bond acceptors (Lipinski definition) is 1. The van der Waals surface area contributed by atoms with E-state index in [0.29, 0.717) is 6.07 Å². The molecule has 1 N–H and O–H groups in total. The van der Waals surface area contributed by atoms with Crippen LogP contribution in [0.4, 0.5) is 26.3 Å². The van der Waals surface area contributed by atoms with E-state index in [1.54, 1.807) is 0 Å². The van der Waals surface area contributed by atoms with Gasteiger partial charge in [0.05, 0.1) is 17.5 Å². The zero-order valence-electron chi connectivity index (χ0n) is 11.9. The van der Waals surface area contributed by atoms with Crippen LogP contribution in [-0.4, -0.2) is 11.1 Å². The SMILES string of the molecule is O=C(O)Cc1cc(-c2ccc(C(F)(F)F)cc2)cc(C(F)(F)F)c1. The Hall–Kier alpha value is -2.51. The van der Waals surface area contributed by atoms with Gasteiger partial charge in [0.1, 0.15) is 0 Å². The summed E-state index contributed by atoms with van der Waals surface area (Å²) in [4.78, 5) is 10.7. The van der Waals surface area contributed by atoms with E-state index in [2.05, 4.69) is 0 Å². The summed E-state index contributed by atoms with van der Waals surface area (Å²) >= 11 is 0. The highest BCUT2D eigenvalue weighted by atomic mass is 19.4. The molecule has 2 aromatic carbocycles. The van der Waals surface area contributed by atoms with Crippen LogP contribution < -0.4 is 0 Å². The number of carboxylic acids is 1. The molecule has 24 heavy (non-hydrogen) atoms. The number of carboxylic acid groups (broad SMARTS) is 1. The number of alkyl halides is 6. The molecule has 128 valence electrons. The van der Waals surface area contributed by atoms with E-state index in [1.165, 1.54) is 6.07 Å². The number of aliphatic carboxylic acids is 1. The lowest BCUT2D eigenvalue weighted by molar-refractivity contribution is -0.138. The minimum absolute atomic E-state index is 0.00482. The standard InChI is InChI=1S/C16H10F6O2/c17-15(18,19)12-3-1-10(2-4-12)11-5-9(7-14(23)24)6-13(8-11)16(20,21)22/h1-6,8H,7H2,(H,23,24). The predicted molar refractivity (Wildman–Crippen MR) is 73.2 cm³/mol. The number of halogens is 6. The van der Waals surface area contributed by atoms with Crippen molar-refractivity contribution in [1.29, 1.82) is 0 Å². The second kappa shape index (κ2) is 6.18. The maximum atomic E-state index is 12.9. The first-order valence-electron chi connectivity index (χ1n) is 6.57. The molecule has 0 bridgehead atoms. The fourth-order valence-corrected chi connectivity index (χ4v) is 2.15. The highest BCUT2D eigenvalue weighted by Gasteiger charge is 2.32. The van der Waals surface area contributed by atoms with Crippen molar-refractivity contribution in [2.24, 2.45) is 0 Å². The van der Waals surface area contributed by atoms with E-state index < -0.39 is 35.9 Å². The summed E-state index contributed by atoms with van der Waals surface area (Å²) in [7, 11) is 0. The Morgan fingerprint density at radius 1 is 0.792 bits per heavy atom. The lowest BCUT2D eigenvalue weighted by atomic mass is 9.97. The van der Waals surface area contributed by atoms with E-state index in [4.69, 9.17) is 5.11 Å². The minimum Gasteiger partial charge on any atom is -0.481 e. The summed E-state index contributed by atoms with van der Waals surface area (Å²) in [6.45, 7) is 0. The van der Waals surface area contributed by atoms with Crippen molar-refractivity contribution in [3.63, 3.8) is 0 Å². The van der Waals surface area contributed by atoms with E-state index in [0.717, 1.165) is 30.3 Å². The van der Waals surface area contributed by atoms with Gasteiger partial charge in [-0.15, -0.1) is 0 Å². The lowest BCUT2D eigenvalue weighted by Crippen LogP contribution is -2.08. The maximum Gasteiger partial charge on any atom is 0.416 e. The van der Waals surface area contributed by atoms with Crippen molar-refractivity contribution in [2.75, 3.05) is 0 Å². The molecule has 0 saturated heterocycles. The van der Waals surface area contributed by atoms with Crippen molar-refractivity contribution in [1.82, 2.24) is 0 Å². The third kappa shape index (κ3) is 4.27. The molecule has 0 unspecified atom stereocenters. The first-order chi connectivity index (χ1) is 11.0. The number of hydrogen-bond donors (Lipinski definition) is 1. The van der Waals surface area contributed by atoms with Crippen LogP contribution in [0.15, 0.2) is 42.5 Å². The van der Waals surface area contributed by atoms with Gasteiger partial charge in [-0.2, -0.15) is 26.3 Å². The molecule has 2 nitrogen and oxygen atoms in total. The van der Waals surface area contributed by atoms with Crippen LogP contribution in [0.25, 0.3) is 11.1 Å². The van der Waals surface area contributed by atoms with E-state index in [1.807, 2.05) is 0 Å². The van der Waals surface area contributed by atoms with Gasteiger partial charge in [0.15, 0.2) is 0 Å². The molecular formula is C16H10F6O2. The first kappa shape index (κ1) is 17.8. The van der Waals surface area contributed by atoms with Gasteiger partial charge in [0, 0.05) is 0 Å². The monoisotopic (exact) mass is 348 g/mol. The summed E-state index contributed by atoms with van der Waals surface area (Å²) in [5.41, 5.74) is -1.96. The lowest BCUT2D eigenvalue weighted by Gasteiger charge is -2.13. The topological polar surface area (TPSA) is 37.3 Å². The van der Waals surface area contributed by atoms with Crippen LogP contribution in [-0.2, 0) is 23.6 Å². The van der Waals surface area contributed by atoms with Gasteiger partial charge in [-0.3, -0.25) is 4.79 Å². The van der Waals surface area contributed by atoms with Gasteiger partial charge in [0.25, 0.3) is 0 Å². The number of benzene rings is 2. The van der Waals surface area contributed by atoms with Crippen molar-refractivity contribution < 1.29 is 36.2 Å². The van der Waals surface area contributed by atoms with Crippen LogP contribution in [0.2, 0.25) is 0 Å². The molecule has 2 aromatic rings. The molecule has 0 aromatic heterocycles. The van der Waals surface area contributed by atoms with E-state index >= 15 is 0 Å². The summed E-state index contributed by atoms with van der Waals surface area (Å²) in [5.74, 6) is -1.31. The Balaban J connectivity index is 2.50. The molecule has 0 saturated carbocycles. The number of carbonyl (C=O) groups is 1. The average Bonchev–Trinajstić information content (AvgIpc) is 2.44. The summed E-state index contributed by atoms with van der Waals surface area (Å²) in [5, 5.41) is 8.74. The fraction of sp³-hybridized carbons (Fsp3) is 0.188. The van der Waals surface area contributed by atoms with Crippen molar-refractivity contribution in [2.45, 2.75) is 18.8 Å². The molecule has 0 aliphatic carbocycles. The third-order valence-electron chi connectivity index (χ3n) is 3.22. The quantitative estimate of drug-likeness (QED) is 0.791. The Bertz CT molecular complexity index is 745. The second-order valence-corrected chi connectivity index (χ2v) is 5.06. The Morgan fingerprint density at radius 3 is 1.79 bits per heavy atom. The van der Waals surface area contributed by atoms with Crippen molar-refractivity contribution >= 4 is 5.97 Å². The fourth-order valence-electron chi connectivity index (χ4n) is 2.15. The van der Waals surface area contributed by atoms with Gasteiger partial charge < -0.3 is 5.11 Å². The Kier molecular flexibility index (Phi) is 4.59. The zero-order chi connectivity index (χ0) is 18.1. The largest absolute Gasteiger partial charge is 0.481 e. The van der Waals surface area contributed by atoms with Crippen LogP contribution in [0.5, 0.6) is 0 Å². The van der Waals surface area contributed by atoms with Crippen molar-refractivity contribution in [3.8, 4) is 11.1 Å². The molecular weight excluding hydrogens is 338 g/mol. The second-order valence-electron chi connectivity index (χ2n) is 5.06. The molecule has 0 fully saturated rings. The van der Waals surface area contributed by atoms with Crippen LogP contribution in [0, 0.1) is 0 Å². The molecule has 0 aliphatic heterocycles. The summed E-state index contributed by atoms with van der Waals surface area (Å²) in [6, 6.07) is 6.30. The van der Waals surface area contributed by atoms with Crippen molar-refractivity contribution in [3.05, 3.63) is 59.2 Å². The van der Waals surface area contributed by atoms with Gasteiger partial charge in [0.2, 0.25) is 0 Å². The molecule has 0 heterocycles. The van der Waals surface area contributed by atoms with Gasteiger partial charge in [-0.1, -0.05) is 18.2 Å². The van der Waals surface area contributed by atoms with Crippen LogP contribution in [0.3, 0.4) is 0 Å². The minimum atomic E-state index is -4.70. The van der Waals surface area contributed by atoms with Gasteiger partial charge in [-0.05, 0) is 41.0 Å². The highest BCUT2D eigenvalue weighted by molar-refractivity contribution is 5.73. The average molecular weight is 348 g/mol. The molecule has 0 atom stereocenters. The highest BCUT2D eigenvalue weighted by Crippen LogP contribution is 2.35. The van der Waals surface area contributed by atoms with Crippen LogP contribution in [0.1, 0.15) is 16.7 Å². The maximum absolute atomic E-state index is 12.9. The summed E-state index contributed by atoms with van der Waals surface area (Å²) < 4.78 is 76.4. The third-order valence-corrected chi connectivity index (χ3v) is 3.22. The van der Waals surface area contributed by atoms with Crippen LogP contribution >= 0.6 is 0 Å².